The zero-order valence-corrected chi connectivity index (χ0v) is 13.9. The Morgan fingerprint density at radius 2 is 1.92 bits per heavy atom. The first-order valence-electron chi connectivity index (χ1n) is 8.07. The lowest BCUT2D eigenvalue weighted by Crippen LogP contribution is -2.26. The Morgan fingerprint density at radius 3 is 2.71 bits per heavy atom. The van der Waals surface area contributed by atoms with Crippen molar-refractivity contribution in [2.75, 3.05) is 7.11 Å². The topological polar surface area (TPSA) is 51.5 Å². The summed E-state index contributed by atoms with van der Waals surface area (Å²) in [5.74, 6) is 1.58. The third-order valence-electron chi connectivity index (χ3n) is 4.06. The average Bonchev–Trinajstić information content (AvgIpc) is 3.04. The molecule has 4 heteroatoms. The minimum atomic E-state index is -0.164. The van der Waals surface area contributed by atoms with E-state index < -0.39 is 0 Å². The maximum atomic E-state index is 12.2. The monoisotopic (exact) mass is 323 g/mol. The van der Waals surface area contributed by atoms with Crippen LogP contribution in [-0.4, -0.2) is 13.0 Å². The van der Waals surface area contributed by atoms with E-state index in [4.69, 9.17) is 9.15 Å². The van der Waals surface area contributed by atoms with Crippen molar-refractivity contribution in [2.45, 2.75) is 25.8 Å². The number of para-hydroxylation sites is 2. The molecule has 0 saturated heterocycles. The molecule has 0 spiro atoms. The Labute approximate surface area is 141 Å². The molecular formula is C20H21NO3. The maximum absolute atomic E-state index is 12.2. The number of benzene rings is 2. The van der Waals surface area contributed by atoms with E-state index in [0.29, 0.717) is 12.8 Å². The number of aryl methyl sites for hydroxylation is 1. The number of ether oxygens (including phenoxy) is 1. The number of hydrogen-bond acceptors (Lipinski definition) is 3. The molecular weight excluding hydrogens is 302 g/mol. The molecule has 0 radical (unpaired) electrons. The third-order valence-corrected chi connectivity index (χ3v) is 4.06. The highest BCUT2D eigenvalue weighted by Gasteiger charge is 2.14. The summed E-state index contributed by atoms with van der Waals surface area (Å²) in [7, 11) is 1.64. The minimum Gasteiger partial charge on any atom is -0.496 e. The number of fused-ring (bicyclic) bond motifs is 1. The van der Waals surface area contributed by atoms with Gasteiger partial charge in [0, 0.05) is 11.8 Å². The van der Waals surface area contributed by atoms with Crippen LogP contribution in [0, 0.1) is 0 Å². The van der Waals surface area contributed by atoms with Crippen molar-refractivity contribution >= 4 is 16.9 Å². The van der Waals surface area contributed by atoms with Gasteiger partial charge in [-0.2, -0.15) is 0 Å². The molecule has 2 aromatic carbocycles. The van der Waals surface area contributed by atoms with Crippen molar-refractivity contribution in [3.05, 3.63) is 65.9 Å². The molecule has 0 saturated carbocycles. The van der Waals surface area contributed by atoms with Gasteiger partial charge < -0.3 is 14.5 Å². The Balaban J connectivity index is 1.60. The molecule has 4 nitrogen and oxygen atoms in total. The molecule has 1 aromatic heterocycles. The molecule has 1 N–H and O–H groups in total. The number of amides is 1. The van der Waals surface area contributed by atoms with E-state index >= 15 is 0 Å². The van der Waals surface area contributed by atoms with Gasteiger partial charge in [0.25, 0.3) is 0 Å². The molecule has 24 heavy (non-hydrogen) atoms. The van der Waals surface area contributed by atoms with Crippen LogP contribution in [0.25, 0.3) is 11.0 Å². The van der Waals surface area contributed by atoms with Crippen LogP contribution in [0.4, 0.5) is 0 Å². The van der Waals surface area contributed by atoms with Crippen LogP contribution in [0.2, 0.25) is 0 Å². The van der Waals surface area contributed by atoms with E-state index in [1.165, 1.54) is 0 Å². The fourth-order valence-electron chi connectivity index (χ4n) is 2.76. The number of rotatable bonds is 6. The van der Waals surface area contributed by atoms with Gasteiger partial charge in [0.15, 0.2) is 0 Å². The summed E-state index contributed by atoms with van der Waals surface area (Å²) >= 11 is 0. The van der Waals surface area contributed by atoms with Gasteiger partial charge in [-0.3, -0.25) is 4.79 Å². The van der Waals surface area contributed by atoms with Gasteiger partial charge in [-0.05, 0) is 37.1 Å². The second kappa shape index (κ2) is 7.21. The Hall–Kier alpha value is -2.75. The minimum absolute atomic E-state index is 0.00568. The lowest BCUT2D eigenvalue weighted by Gasteiger charge is -2.12. The number of carbonyl (C=O) groups is 1. The largest absolute Gasteiger partial charge is 0.496 e. The maximum Gasteiger partial charge on any atom is 0.220 e. The Kier molecular flexibility index (Phi) is 4.85. The van der Waals surface area contributed by atoms with Gasteiger partial charge >= 0.3 is 0 Å². The zero-order valence-electron chi connectivity index (χ0n) is 13.9. The molecule has 0 bridgehead atoms. The first-order valence-corrected chi connectivity index (χ1v) is 8.07. The summed E-state index contributed by atoms with van der Waals surface area (Å²) in [6.45, 7) is 1.93. The molecule has 1 unspecified atom stereocenters. The van der Waals surface area contributed by atoms with Gasteiger partial charge in [-0.15, -0.1) is 0 Å². The SMILES string of the molecule is COc1ccccc1CCC(=O)NC(C)c1cc2ccccc2o1. The van der Waals surface area contributed by atoms with Crippen molar-refractivity contribution in [3.63, 3.8) is 0 Å². The summed E-state index contributed by atoms with van der Waals surface area (Å²) in [6.07, 6.45) is 1.05. The van der Waals surface area contributed by atoms with Crippen molar-refractivity contribution in [1.82, 2.24) is 5.32 Å². The van der Waals surface area contributed by atoms with E-state index in [9.17, 15) is 4.79 Å². The number of nitrogens with one attached hydrogen (secondary N) is 1. The molecule has 124 valence electrons. The van der Waals surface area contributed by atoms with Gasteiger partial charge in [-0.25, -0.2) is 0 Å². The molecule has 0 aliphatic heterocycles. The molecule has 1 atom stereocenters. The normalized spacial score (nSPS) is 12.1. The van der Waals surface area contributed by atoms with Gasteiger partial charge in [-0.1, -0.05) is 36.4 Å². The predicted octanol–water partition coefficient (Wildman–Crippen LogP) is 4.25. The quantitative estimate of drug-likeness (QED) is 0.738. The van der Waals surface area contributed by atoms with Crippen LogP contribution in [0.5, 0.6) is 5.75 Å². The van der Waals surface area contributed by atoms with E-state index in [-0.39, 0.29) is 11.9 Å². The van der Waals surface area contributed by atoms with E-state index in [1.807, 2.05) is 61.5 Å². The molecule has 1 amide bonds. The summed E-state index contributed by atoms with van der Waals surface area (Å²) in [5, 5.41) is 4.04. The number of carbonyl (C=O) groups excluding carboxylic acids is 1. The Bertz CT molecular complexity index is 805. The molecule has 0 fully saturated rings. The van der Waals surface area contributed by atoms with E-state index in [1.54, 1.807) is 7.11 Å². The van der Waals surface area contributed by atoms with Crippen LogP contribution >= 0.6 is 0 Å². The van der Waals surface area contributed by atoms with Crippen molar-refractivity contribution in [1.29, 1.82) is 0 Å². The second-order valence-electron chi connectivity index (χ2n) is 5.79. The number of methoxy groups -OCH3 is 1. The molecule has 0 aliphatic carbocycles. The van der Waals surface area contributed by atoms with Gasteiger partial charge in [0.1, 0.15) is 17.1 Å². The molecule has 1 heterocycles. The van der Waals surface area contributed by atoms with Crippen LogP contribution in [0.1, 0.15) is 30.7 Å². The lowest BCUT2D eigenvalue weighted by molar-refractivity contribution is -0.121. The van der Waals surface area contributed by atoms with Gasteiger partial charge in [0.2, 0.25) is 5.91 Å². The lowest BCUT2D eigenvalue weighted by atomic mass is 10.1. The predicted molar refractivity (Wildman–Crippen MR) is 94.1 cm³/mol. The van der Waals surface area contributed by atoms with Crippen molar-refractivity contribution in [2.24, 2.45) is 0 Å². The fraction of sp³-hybridized carbons (Fsp3) is 0.250. The molecule has 3 aromatic rings. The van der Waals surface area contributed by atoms with Crippen LogP contribution in [-0.2, 0) is 11.2 Å². The van der Waals surface area contributed by atoms with Gasteiger partial charge in [0.05, 0.1) is 13.2 Å². The van der Waals surface area contributed by atoms with Crippen LogP contribution in [0.3, 0.4) is 0 Å². The third kappa shape index (κ3) is 3.59. The standard InChI is InChI=1S/C20H21NO3/c1-14(19-13-16-8-4-6-10-18(16)24-19)21-20(22)12-11-15-7-3-5-9-17(15)23-2/h3-10,13-14H,11-12H2,1-2H3,(H,21,22). The number of hydrogen-bond donors (Lipinski definition) is 1. The highest BCUT2D eigenvalue weighted by molar-refractivity contribution is 5.79. The van der Waals surface area contributed by atoms with Crippen molar-refractivity contribution < 1.29 is 13.9 Å². The van der Waals surface area contributed by atoms with E-state index in [0.717, 1.165) is 28.0 Å². The summed E-state index contributed by atoms with van der Waals surface area (Å²) < 4.78 is 11.1. The molecule has 0 aliphatic rings. The first-order chi connectivity index (χ1) is 11.7. The zero-order chi connectivity index (χ0) is 16.9. The summed E-state index contributed by atoms with van der Waals surface area (Å²) in [5.41, 5.74) is 1.87. The highest BCUT2D eigenvalue weighted by atomic mass is 16.5. The van der Waals surface area contributed by atoms with Crippen molar-refractivity contribution in [3.8, 4) is 5.75 Å². The smallest absolute Gasteiger partial charge is 0.220 e. The fourth-order valence-corrected chi connectivity index (χ4v) is 2.76. The number of furan rings is 1. The van der Waals surface area contributed by atoms with Crippen LogP contribution in [0.15, 0.2) is 59.0 Å². The average molecular weight is 323 g/mol. The summed E-state index contributed by atoms with van der Waals surface area (Å²) in [6, 6.07) is 17.4. The summed E-state index contributed by atoms with van der Waals surface area (Å²) in [4.78, 5) is 12.2. The second-order valence-corrected chi connectivity index (χ2v) is 5.79. The van der Waals surface area contributed by atoms with E-state index in [2.05, 4.69) is 5.32 Å². The highest BCUT2D eigenvalue weighted by Crippen LogP contribution is 2.24. The molecule has 3 rings (SSSR count). The Morgan fingerprint density at radius 1 is 1.17 bits per heavy atom. The van der Waals surface area contributed by atoms with Crippen LogP contribution < -0.4 is 10.1 Å². The first kappa shape index (κ1) is 16.1.